The summed E-state index contributed by atoms with van der Waals surface area (Å²) in [4.78, 5) is 28.0. The fraction of sp³-hybridized carbons (Fsp3) is 0.474. The third kappa shape index (κ3) is 4.91. The second kappa shape index (κ2) is 8.60. The van der Waals surface area contributed by atoms with Gasteiger partial charge in [0.05, 0.1) is 12.1 Å². The molecule has 0 bridgehead atoms. The molecular weight excluding hydrogens is 332 g/mol. The van der Waals surface area contributed by atoms with E-state index in [1.165, 1.54) is 12.7 Å². The van der Waals surface area contributed by atoms with Gasteiger partial charge < -0.3 is 10.1 Å². The molecule has 1 heterocycles. The normalized spacial score (nSPS) is 19.7. The van der Waals surface area contributed by atoms with Gasteiger partial charge in [-0.15, -0.1) is 0 Å². The van der Waals surface area contributed by atoms with Crippen molar-refractivity contribution in [2.45, 2.75) is 45.2 Å². The second-order valence-electron chi connectivity index (χ2n) is 6.80. The van der Waals surface area contributed by atoms with Crippen molar-refractivity contribution in [2.75, 3.05) is 6.61 Å². The Morgan fingerprint density at radius 1 is 1.23 bits per heavy atom. The van der Waals surface area contributed by atoms with E-state index in [9.17, 15) is 9.59 Å². The highest BCUT2D eigenvalue weighted by Gasteiger charge is 2.23. The van der Waals surface area contributed by atoms with Crippen molar-refractivity contribution in [2.24, 2.45) is 5.92 Å². The maximum Gasteiger partial charge on any atom is 0.338 e. The lowest BCUT2D eigenvalue weighted by Crippen LogP contribution is -2.42. The molecule has 1 aliphatic carbocycles. The molecule has 7 heteroatoms. The van der Waals surface area contributed by atoms with Crippen LogP contribution in [0.3, 0.4) is 0 Å². The minimum Gasteiger partial charge on any atom is -0.452 e. The number of hydrogen-bond donors (Lipinski definition) is 1. The summed E-state index contributed by atoms with van der Waals surface area (Å²) < 4.78 is 6.83. The number of hydrogen-bond acceptors (Lipinski definition) is 5. The quantitative estimate of drug-likeness (QED) is 0.802. The Bertz CT molecular complexity index is 728. The van der Waals surface area contributed by atoms with E-state index in [2.05, 4.69) is 22.3 Å². The van der Waals surface area contributed by atoms with Gasteiger partial charge >= 0.3 is 5.97 Å². The number of carbonyl (C=O) groups is 2. The maximum absolute atomic E-state index is 12.1. The Morgan fingerprint density at radius 2 is 2.00 bits per heavy atom. The highest BCUT2D eigenvalue weighted by Crippen LogP contribution is 2.23. The first-order valence-corrected chi connectivity index (χ1v) is 8.99. The first-order chi connectivity index (χ1) is 12.6. The molecule has 2 unspecified atom stereocenters. The van der Waals surface area contributed by atoms with Crippen molar-refractivity contribution in [3.8, 4) is 0 Å². The van der Waals surface area contributed by atoms with Gasteiger partial charge in [0.1, 0.15) is 12.7 Å². The molecule has 0 radical (unpaired) electrons. The first kappa shape index (κ1) is 18.1. The van der Waals surface area contributed by atoms with E-state index < -0.39 is 5.97 Å². The molecule has 26 heavy (non-hydrogen) atoms. The van der Waals surface area contributed by atoms with Crippen molar-refractivity contribution in [3.63, 3.8) is 0 Å². The van der Waals surface area contributed by atoms with E-state index in [0.717, 1.165) is 24.8 Å². The summed E-state index contributed by atoms with van der Waals surface area (Å²) in [5.74, 6) is -0.259. The lowest BCUT2D eigenvalue weighted by Gasteiger charge is -2.29. The summed E-state index contributed by atoms with van der Waals surface area (Å²) in [6, 6.07) is 7.24. The molecular formula is C19H24N4O3. The van der Waals surface area contributed by atoms with E-state index in [4.69, 9.17) is 4.74 Å². The molecule has 0 aliphatic heterocycles. The summed E-state index contributed by atoms with van der Waals surface area (Å²) in [7, 11) is 0. The van der Waals surface area contributed by atoms with E-state index in [-0.39, 0.29) is 18.6 Å². The second-order valence-corrected chi connectivity index (χ2v) is 6.80. The Hall–Kier alpha value is -2.70. The Labute approximate surface area is 152 Å². The van der Waals surface area contributed by atoms with Gasteiger partial charge in [-0.25, -0.2) is 14.5 Å². The van der Waals surface area contributed by atoms with Gasteiger partial charge in [-0.05, 0) is 36.5 Å². The predicted molar refractivity (Wildman–Crippen MR) is 95.4 cm³/mol. The lowest BCUT2D eigenvalue weighted by atomic mass is 9.86. The molecule has 2 aromatic rings. The van der Waals surface area contributed by atoms with Crippen molar-refractivity contribution < 1.29 is 14.3 Å². The molecule has 0 saturated heterocycles. The van der Waals surface area contributed by atoms with Gasteiger partial charge in [-0.2, -0.15) is 5.10 Å². The van der Waals surface area contributed by atoms with Crippen molar-refractivity contribution in [3.05, 3.63) is 48.0 Å². The number of ether oxygens (including phenoxy) is 1. The topological polar surface area (TPSA) is 86.1 Å². The van der Waals surface area contributed by atoms with Crippen LogP contribution in [0.1, 0.15) is 48.5 Å². The zero-order valence-electron chi connectivity index (χ0n) is 14.9. The molecule has 3 rings (SSSR count). The molecule has 0 spiro atoms. The fourth-order valence-corrected chi connectivity index (χ4v) is 3.24. The zero-order chi connectivity index (χ0) is 18.4. The van der Waals surface area contributed by atoms with Crippen LogP contribution in [0.4, 0.5) is 0 Å². The number of amides is 1. The van der Waals surface area contributed by atoms with Crippen LogP contribution < -0.4 is 5.32 Å². The number of aromatic nitrogens is 3. The number of benzene rings is 1. The molecule has 1 aromatic carbocycles. The summed E-state index contributed by atoms with van der Waals surface area (Å²) in [6.45, 7) is 2.48. The van der Waals surface area contributed by atoms with E-state index >= 15 is 0 Å². The van der Waals surface area contributed by atoms with E-state index in [1.54, 1.807) is 23.1 Å². The minimum atomic E-state index is -0.496. The Morgan fingerprint density at radius 3 is 2.69 bits per heavy atom. The summed E-state index contributed by atoms with van der Waals surface area (Å²) in [5.41, 5.74) is 1.42. The lowest BCUT2D eigenvalue weighted by molar-refractivity contribution is -0.125. The maximum atomic E-state index is 12.1. The molecule has 1 aliphatic rings. The summed E-state index contributed by atoms with van der Waals surface area (Å²) in [5, 5.41) is 7.02. The van der Waals surface area contributed by atoms with Gasteiger partial charge in [0.2, 0.25) is 0 Å². The predicted octanol–water partition coefficient (Wildman–Crippen LogP) is 2.18. The van der Waals surface area contributed by atoms with Crippen LogP contribution in [0.15, 0.2) is 36.9 Å². The largest absolute Gasteiger partial charge is 0.452 e. The molecule has 1 N–H and O–H groups in total. The average Bonchev–Trinajstić information content (AvgIpc) is 3.15. The molecule has 7 nitrogen and oxygen atoms in total. The Balaban J connectivity index is 1.46. The average molecular weight is 356 g/mol. The fourth-order valence-electron chi connectivity index (χ4n) is 3.24. The van der Waals surface area contributed by atoms with Gasteiger partial charge in [-0.1, -0.05) is 31.9 Å². The van der Waals surface area contributed by atoms with Crippen LogP contribution in [-0.4, -0.2) is 39.3 Å². The standard InChI is InChI=1S/C19H24N4O3/c1-14-4-2-3-5-17(14)22-18(24)11-26-19(25)16-8-6-15(7-9-16)10-23-13-20-12-21-23/h6-9,12-14,17H,2-5,10-11H2,1H3,(H,22,24). The number of esters is 1. The summed E-state index contributed by atoms with van der Waals surface area (Å²) in [6.07, 6.45) is 7.59. The number of carbonyl (C=O) groups excluding carboxylic acids is 2. The number of nitrogens with zero attached hydrogens (tertiary/aromatic N) is 3. The SMILES string of the molecule is CC1CCCCC1NC(=O)COC(=O)c1ccc(Cn2cncn2)cc1. The van der Waals surface area contributed by atoms with Crippen LogP contribution in [0, 0.1) is 5.92 Å². The highest BCUT2D eigenvalue weighted by atomic mass is 16.5. The van der Waals surface area contributed by atoms with E-state index in [0.29, 0.717) is 18.0 Å². The van der Waals surface area contributed by atoms with Crippen molar-refractivity contribution >= 4 is 11.9 Å². The zero-order valence-corrected chi connectivity index (χ0v) is 14.9. The van der Waals surface area contributed by atoms with Gasteiger partial charge in [0.25, 0.3) is 5.91 Å². The summed E-state index contributed by atoms with van der Waals surface area (Å²) >= 11 is 0. The van der Waals surface area contributed by atoms with Gasteiger partial charge in [0, 0.05) is 6.04 Å². The van der Waals surface area contributed by atoms with Crippen LogP contribution in [0.5, 0.6) is 0 Å². The Kier molecular flexibility index (Phi) is 5.99. The molecule has 1 aromatic heterocycles. The van der Waals surface area contributed by atoms with Crippen LogP contribution in [0.2, 0.25) is 0 Å². The third-order valence-electron chi connectivity index (χ3n) is 4.79. The van der Waals surface area contributed by atoms with E-state index in [1.807, 2.05) is 12.1 Å². The molecule has 2 atom stereocenters. The smallest absolute Gasteiger partial charge is 0.338 e. The van der Waals surface area contributed by atoms with Gasteiger partial charge in [-0.3, -0.25) is 4.79 Å². The molecule has 138 valence electrons. The molecule has 1 saturated carbocycles. The first-order valence-electron chi connectivity index (χ1n) is 8.99. The number of rotatable bonds is 6. The van der Waals surface area contributed by atoms with Gasteiger partial charge in [0.15, 0.2) is 6.61 Å². The number of nitrogens with one attached hydrogen (secondary N) is 1. The molecule has 1 amide bonds. The van der Waals surface area contributed by atoms with Crippen LogP contribution >= 0.6 is 0 Å². The van der Waals surface area contributed by atoms with Crippen molar-refractivity contribution in [1.29, 1.82) is 0 Å². The monoisotopic (exact) mass is 356 g/mol. The van der Waals surface area contributed by atoms with Crippen LogP contribution in [-0.2, 0) is 16.1 Å². The minimum absolute atomic E-state index is 0.186. The van der Waals surface area contributed by atoms with Crippen LogP contribution in [0.25, 0.3) is 0 Å². The molecule has 1 fully saturated rings. The third-order valence-corrected chi connectivity index (χ3v) is 4.79. The van der Waals surface area contributed by atoms with Crippen molar-refractivity contribution in [1.82, 2.24) is 20.1 Å². The highest BCUT2D eigenvalue weighted by molar-refractivity contribution is 5.91.